The van der Waals surface area contributed by atoms with Crippen molar-refractivity contribution in [3.05, 3.63) is 11.1 Å². The van der Waals surface area contributed by atoms with Crippen molar-refractivity contribution < 1.29 is 9.90 Å². The maximum absolute atomic E-state index is 10.6. The minimum atomic E-state index is -0.761. The number of carboxylic acids is 1. The standard InChI is InChI=1S/C14H22N2O2S/c1-9-6-10(2)11(3)16(7-9)14-15-12(8-19-14)4-5-13(17)18/h8-11H,4-7H2,1-3H3,(H,17,18). The van der Waals surface area contributed by atoms with E-state index >= 15 is 0 Å². The summed E-state index contributed by atoms with van der Waals surface area (Å²) in [4.78, 5) is 17.6. The van der Waals surface area contributed by atoms with Gasteiger partial charge in [0.1, 0.15) is 0 Å². The van der Waals surface area contributed by atoms with Crippen LogP contribution in [0, 0.1) is 11.8 Å². The summed E-state index contributed by atoms with van der Waals surface area (Å²) in [6.45, 7) is 7.90. The van der Waals surface area contributed by atoms with Gasteiger partial charge in [0.25, 0.3) is 0 Å². The third-order valence-electron chi connectivity index (χ3n) is 3.98. The zero-order valence-corrected chi connectivity index (χ0v) is 12.6. The molecule has 0 saturated carbocycles. The first-order valence-electron chi connectivity index (χ1n) is 6.90. The Morgan fingerprint density at radius 1 is 1.53 bits per heavy atom. The van der Waals surface area contributed by atoms with Gasteiger partial charge in [-0.3, -0.25) is 4.79 Å². The van der Waals surface area contributed by atoms with Gasteiger partial charge in [-0.25, -0.2) is 4.98 Å². The number of aryl methyl sites for hydroxylation is 1. The Morgan fingerprint density at radius 3 is 2.95 bits per heavy atom. The van der Waals surface area contributed by atoms with Gasteiger partial charge in [-0.2, -0.15) is 0 Å². The van der Waals surface area contributed by atoms with E-state index in [1.165, 1.54) is 6.42 Å². The van der Waals surface area contributed by atoms with E-state index in [0.717, 1.165) is 17.4 Å². The van der Waals surface area contributed by atoms with Gasteiger partial charge < -0.3 is 10.0 Å². The summed E-state index contributed by atoms with van der Waals surface area (Å²) < 4.78 is 0. The highest BCUT2D eigenvalue weighted by Crippen LogP contribution is 2.33. The molecular formula is C14H22N2O2S. The minimum absolute atomic E-state index is 0.158. The molecule has 19 heavy (non-hydrogen) atoms. The van der Waals surface area contributed by atoms with E-state index in [4.69, 9.17) is 5.11 Å². The zero-order chi connectivity index (χ0) is 14.0. The van der Waals surface area contributed by atoms with Crippen molar-refractivity contribution in [2.75, 3.05) is 11.4 Å². The average Bonchev–Trinajstić information content (AvgIpc) is 2.79. The van der Waals surface area contributed by atoms with E-state index < -0.39 is 5.97 Å². The van der Waals surface area contributed by atoms with Gasteiger partial charge in [0.15, 0.2) is 5.13 Å². The molecule has 1 saturated heterocycles. The third kappa shape index (κ3) is 3.47. The second-order valence-electron chi connectivity index (χ2n) is 5.73. The molecule has 4 nitrogen and oxygen atoms in total. The average molecular weight is 282 g/mol. The first-order chi connectivity index (χ1) is 8.97. The summed E-state index contributed by atoms with van der Waals surface area (Å²) >= 11 is 1.64. The van der Waals surface area contributed by atoms with Crippen molar-refractivity contribution >= 4 is 22.4 Å². The lowest BCUT2D eigenvalue weighted by atomic mass is 9.86. The fraction of sp³-hybridized carbons (Fsp3) is 0.714. The molecule has 1 aliphatic heterocycles. The number of piperidine rings is 1. The smallest absolute Gasteiger partial charge is 0.303 e. The first kappa shape index (κ1) is 14.3. The lowest BCUT2D eigenvalue weighted by molar-refractivity contribution is -0.136. The summed E-state index contributed by atoms with van der Waals surface area (Å²) in [6.07, 6.45) is 1.96. The highest BCUT2D eigenvalue weighted by atomic mass is 32.1. The SMILES string of the molecule is CC1CC(C)C(C)N(c2nc(CCC(=O)O)cs2)C1. The Balaban J connectivity index is 2.06. The highest BCUT2D eigenvalue weighted by Gasteiger charge is 2.30. The van der Waals surface area contributed by atoms with Crippen LogP contribution in [0.4, 0.5) is 5.13 Å². The van der Waals surface area contributed by atoms with Crippen LogP contribution in [-0.4, -0.2) is 28.6 Å². The van der Waals surface area contributed by atoms with Crippen molar-refractivity contribution in [3.63, 3.8) is 0 Å². The lowest BCUT2D eigenvalue weighted by Gasteiger charge is -2.41. The van der Waals surface area contributed by atoms with Crippen LogP contribution in [0.25, 0.3) is 0 Å². The Hall–Kier alpha value is -1.10. The number of nitrogens with zero attached hydrogens (tertiary/aromatic N) is 2. The minimum Gasteiger partial charge on any atom is -0.481 e. The summed E-state index contributed by atoms with van der Waals surface area (Å²) in [7, 11) is 0. The molecule has 1 aromatic rings. The second-order valence-corrected chi connectivity index (χ2v) is 6.56. The van der Waals surface area contributed by atoms with Crippen molar-refractivity contribution in [3.8, 4) is 0 Å². The van der Waals surface area contributed by atoms with E-state index in [0.29, 0.717) is 24.3 Å². The van der Waals surface area contributed by atoms with Gasteiger partial charge in [-0.1, -0.05) is 13.8 Å². The predicted octanol–water partition coefficient (Wildman–Crippen LogP) is 3.03. The van der Waals surface area contributed by atoms with Crippen LogP contribution in [0.15, 0.2) is 5.38 Å². The van der Waals surface area contributed by atoms with E-state index in [-0.39, 0.29) is 6.42 Å². The Bertz CT molecular complexity index is 446. The predicted molar refractivity (Wildman–Crippen MR) is 77.8 cm³/mol. The molecule has 2 heterocycles. The summed E-state index contributed by atoms with van der Waals surface area (Å²) in [6, 6.07) is 0.509. The number of anilines is 1. The van der Waals surface area contributed by atoms with Crippen LogP contribution in [0.3, 0.4) is 0 Å². The number of carboxylic acid groups (broad SMARTS) is 1. The molecule has 0 amide bonds. The maximum Gasteiger partial charge on any atom is 0.303 e. The zero-order valence-electron chi connectivity index (χ0n) is 11.8. The topological polar surface area (TPSA) is 53.4 Å². The molecule has 0 bridgehead atoms. The van der Waals surface area contributed by atoms with Gasteiger partial charge in [0.2, 0.25) is 0 Å². The summed E-state index contributed by atoms with van der Waals surface area (Å²) in [5.74, 6) is 0.607. The van der Waals surface area contributed by atoms with Crippen molar-refractivity contribution in [2.24, 2.45) is 11.8 Å². The van der Waals surface area contributed by atoms with Crippen LogP contribution in [0.5, 0.6) is 0 Å². The molecule has 1 aliphatic rings. The number of carbonyl (C=O) groups is 1. The number of aromatic nitrogens is 1. The number of rotatable bonds is 4. The van der Waals surface area contributed by atoms with Crippen molar-refractivity contribution in [2.45, 2.75) is 46.1 Å². The third-order valence-corrected chi connectivity index (χ3v) is 4.90. The second kappa shape index (κ2) is 5.90. The van der Waals surface area contributed by atoms with Gasteiger partial charge in [0.05, 0.1) is 12.1 Å². The Kier molecular flexibility index (Phi) is 4.45. The molecule has 0 spiro atoms. The van der Waals surface area contributed by atoms with E-state index in [1.54, 1.807) is 11.3 Å². The number of hydrogen-bond acceptors (Lipinski definition) is 4. The Labute approximate surface area is 118 Å². The van der Waals surface area contributed by atoms with Crippen LogP contribution in [0.1, 0.15) is 39.3 Å². The lowest BCUT2D eigenvalue weighted by Crippen LogP contribution is -2.45. The summed E-state index contributed by atoms with van der Waals surface area (Å²) in [5.41, 5.74) is 0.903. The van der Waals surface area contributed by atoms with Crippen molar-refractivity contribution in [1.82, 2.24) is 4.98 Å². The van der Waals surface area contributed by atoms with Crippen LogP contribution < -0.4 is 4.90 Å². The van der Waals surface area contributed by atoms with Crippen molar-refractivity contribution in [1.29, 1.82) is 0 Å². The molecule has 106 valence electrons. The molecule has 3 atom stereocenters. The van der Waals surface area contributed by atoms with E-state index in [1.807, 2.05) is 5.38 Å². The molecule has 5 heteroatoms. The quantitative estimate of drug-likeness (QED) is 0.922. The van der Waals surface area contributed by atoms with Crippen LogP contribution in [0.2, 0.25) is 0 Å². The number of hydrogen-bond donors (Lipinski definition) is 1. The molecule has 1 fully saturated rings. The molecule has 0 aromatic carbocycles. The summed E-state index contributed by atoms with van der Waals surface area (Å²) in [5, 5.41) is 11.7. The molecule has 0 aliphatic carbocycles. The maximum atomic E-state index is 10.6. The highest BCUT2D eigenvalue weighted by molar-refractivity contribution is 7.13. The first-order valence-corrected chi connectivity index (χ1v) is 7.78. The van der Waals surface area contributed by atoms with Crippen LogP contribution in [-0.2, 0) is 11.2 Å². The van der Waals surface area contributed by atoms with Gasteiger partial charge in [-0.15, -0.1) is 11.3 Å². The van der Waals surface area contributed by atoms with Gasteiger partial charge in [0, 0.05) is 24.4 Å². The molecule has 0 radical (unpaired) electrons. The molecule has 1 aromatic heterocycles. The fourth-order valence-corrected chi connectivity index (χ4v) is 3.70. The molecular weight excluding hydrogens is 260 g/mol. The normalized spacial score (nSPS) is 27.5. The number of thiazole rings is 1. The van der Waals surface area contributed by atoms with Gasteiger partial charge >= 0.3 is 5.97 Å². The number of aliphatic carboxylic acids is 1. The van der Waals surface area contributed by atoms with Crippen LogP contribution >= 0.6 is 11.3 Å². The molecule has 2 rings (SSSR count). The Morgan fingerprint density at radius 2 is 2.26 bits per heavy atom. The van der Waals surface area contributed by atoms with E-state index in [2.05, 4.69) is 30.7 Å². The monoisotopic (exact) mass is 282 g/mol. The fourth-order valence-electron chi connectivity index (χ4n) is 2.75. The molecule has 1 N–H and O–H groups in total. The van der Waals surface area contributed by atoms with Gasteiger partial charge in [-0.05, 0) is 25.2 Å². The molecule has 3 unspecified atom stereocenters. The van der Waals surface area contributed by atoms with E-state index in [9.17, 15) is 4.79 Å². The largest absolute Gasteiger partial charge is 0.481 e.